The van der Waals surface area contributed by atoms with Gasteiger partial charge in [-0.2, -0.15) is 10.3 Å². The van der Waals surface area contributed by atoms with Crippen LogP contribution in [0, 0.1) is 11.3 Å². The summed E-state index contributed by atoms with van der Waals surface area (Å²) in [4.78, 5) is 32.3. The molecule has 1 aromatic carbocycles. The number of nitrogens with zero attached hydrogens (tertiary/aromatic N) is 4. The Morgan fingerprint density at radius 3 is 2.54 bits per heavy atom. The molecule has 0 aromatic heterocycles. The van der Waals surface area contributed by atoms with Crippen LogP contribution in [0.3, 0.4) is 0 Å². The maximum Gasteiger partial charge on any atom is 0.275 e. The number of aliphatic imine (C=N–C) groups is 2. The molecular weight excluding hydrogens is 350 g/mol. The number of nitrogens with one attached hydrogen (secondary N) is 1. The SMILES string of the molecule is C=N/C(SC)=C(C#N)\C(=N/Cc1ccccc1)NN1C(=O)C=C(C)C1=O. The molecule has 2 rings (SSSR count). The van der Waals surface area contributed by atoms with Crippen LogP contribution >= 0.6 is 11.8 Å². The minimum absolute atomic E-state index is 0.0814. The number of rotatable bonds is 6. The molecule has 0 spiro atoms. The first-order valence-electron chi connectivity index (χ1n) is 7.59. The normalized spacial score (nSPS) is 15.3. The predicted octanol–water partition coefficient (Wildman–Crippen LogP) is 2.20. The zero-order valence-electron chi connectivity index (χ0n) is 14.4. The predicted molar refractivity (Wildman–Crippen MR) is 102 cm³/mol. The highest BCUT2D eigenvalue weighted by Crippen LogP contribution is 2.19. The lowest BCUT2D eigenvalue weighted by atomic mass is 10.2. The second kappa shape index (κ2) is 8.78. The molecule has 1 aliphatic heterocycles. The summed E-state index contributed by atoms with van der Waals surface area (Å²) in [6, 6.07) is 11.4. The number of hydrogen-bond acceptors (Lipinski definition) is 6. The van der Waals surface area contributed by atoms with E-state index in [0.29, 0.717) is 10.6 Å². The van der Waals surface area contributed by atoms with Gasteiger partial charge >= 0.3 is 0 Å². The molecule has 1 N–H and O–H groups in total. The van der Waals surface area contributed by atoms with Gasteiger partial charge in [0, 0.05) is 11.6 Å². The summed E-state index contributed by atoms with van der Waals surface area (Å²) in [6.45, 7) is 5.26. The van der Waals surface area contributed by atoms with E-state index in [1.54, 1.807) is 13.2 Å². The van der Waals surface area contributed by atoms with Gasteiger partial charge in [0.25, 0.3) is 11.8 Å². The van der Waals surface area contributed by atoms with Crippen molar-refractivity contribution in [1.29, 1.82) is 5.26 Å². The molecule has 0 atom stereocenters. The Balaban J connectivity index is 2.40. The van der Waals surface area contributed by atoms with Gasteiger partial charge in [-0.15, -0.1) is 11.8 Å². The van der Waals surface area contributed by atoms with Gasteiger partial charge in [0.05, 0.1) is 6.54 Å². The van der Waals surface area contributed by atoms with E-state index in [4.69, 9.17) is 0 Å². The summed E-state index contributed by atoms with van der Waals surface area (Å²) in [7, 11) is 0. The van der Waals surface area contributed by atoms with Crippen LogP contribution in [0.5, 0.6) is 0 Å². The highest BCUT2D eigenvalue weighted by Gasteiger charge is 2.30. The molecular formula is C18H17N5O2S. The van der Waals surface area contributed by atoms with Crippen molar-refractivity contribution in [2.45, 2.75) is 13.5 Å². The maximum absolute atomic E-state index is 12.1. The number of carbonyl (C=O) groups is 2. The standard InChI is InChI=1S/C18H17N5O2S/c1-12-9-15(24)23(18(12)25)22-16(14(10-19)17(20-2)26-3)21-11-13-7-5-4-6-8-13/h4-9H,2,11H2,1,3H3,(H,21,22)/b17-14+. The Kier molecular flexibility index (Phi) is 6.47. The summed E-state index contributed by atoms with van der Waals surface area (Å²) in [5.74, 6) is -0.927. The average Bonchev–Trinajstić information content (AvgIpc) is 2.90. The van der Waals surface area contributed by atoms with Crippen molar-refractivity contribution >= 4 is 36.1 Å². The number of nitriles is 1. The Morgan fingerprint density at radius 2 is 2.04 bits per heavy atom. The lowest BCUT2D eigenvalue weighted by Crippen LogP contribution is -2.47. The fourth-order valence-electron chi connectivity index (χ4n) is 2.17. The first-order valence-corrected chi connectivity index (χ1v) is 8.81. The summed E-state index contributed by atoms with van der Waals surface area (Å²) in [5, 5.41) is 10.7. The van der Waals surface area contributed by atoms with E-state index >= 15 is 0 Å². The molecule has 7 nitrogen and oxygen atoms in total. The monoisotopic (exact) mass is 367 g/mol. The molecule has 0 saturated heterocycles. The number of hydrogen-bond donors (Lipinski definition) is 1. The number of carbonyl (C=O) groups excluding carboxylic acids is 2. The zero-order valence-corrected chi connectivity index (χ0v) is 15.2. The lowest BCUT2D eigenvalue weighted by Gasteiger charge is -2.19. The number of thioether (sulfide) groups is 1. The van der Waals surface area contributed by atoms with Crippen LogP contribution in [0.1, 0.15) is 12.5 Å². The van der Waals surface area contributed by atoms with Crippen LogP contribution in [0.15, 0.2) is 62.6 Å². The van der Waals surface area contributed by atoms with Crippen molar-refractivity contribution < 1.29 is 9.59 Å². The third-order valence-electron chi connectivity index (χ3n) is 3.48. The Bertz CT molecular complexity index is 865. The number of hydrazine groups is 1. The quantitative estimate of drug-likeness (QED) is 0.360. The molecule has 0 saturated carbocycles. The van der Waals surface area contributed by atoms with E-state index in [1.165, 1.54) is 17.8 Å². The van der Waals surface area contributed by atoms with Crippen molar-refractivity contribution in [3.8, 4) is 6.07 Å². The molecule has 1 heterocycles. The van der Waals surface area contributed by atoms with Gasteiger partial charge < -0.3 is 0 Å². The lowest BCUT2D eigenvalue weighted by molar-refractivity contribution is -0.139. The van der Waals surface area contributed by atoms with Crippen molar-refractivity contribution in [1.82, 2.24) is 10.4 Å². The van der Waals surface area contributed by atoms with E-state index < -0.39 is 11.8 Å². The van der Waals surface area contributed by atoms with Gasteiger partial charge in [-0.3, -0.25) is 25.0 Å². The molecule has 1 aromatic rings. The van der Waals surface area contributed by atoms with Gasteiger partial charge in [0.1, 0.15) is 16.7 Å². The highest BCUT2D eigenvalue weighted by atomic mass is 32.2. The summed E-state index contributed by atoms with van der Waals surface area (Å²) >= 11 is 1.22. The van der Waals surface area contributed by atoms with Gasteiger partial charge in [-0.05, 0) is 25.5 Å². The van der Waals surface area contributed by atoms with Gasteiger partial charge in [0.2, 0.25) is 0 Å². The number of benzene rings is 1. The average molecular weight is 367 g/mol. The second-order valence-corrected chi connectivity index (χ2v) is 6.02. The summed E-state index contributed by atoms with van der Waals surface area (Å²) in [6.07, 6.45) is 2.97. The topological polar surface area (TPSA) is 97.9 Å². The van der Waals surface area contributed by atoms with Crippen LogP contribution < -0.4 is 5.43 Å². The van der Waals surface area contributed by atoms with Crippen LogP contribution in [0.2, 0.25) is 0 Å². The molecule has 1 aliphatic rings. The fraction of sp³-hybridized carbons (Fsp3) is 0.167. The minimum atomic E-state index is -0.519. The molecule has 132 valence electrons. The summed E-state index contributed by atoms with van der Waals surface area (Å²) in [5.41, 5.74) is 3.99. The first kappa shape index (κ1) is 19.1. The molecule has 0 aliphatic carbocycles. The van der Waals surface area contributed by atoms with Crippen molar-refractivity contribution in [3.05, 3.63) is 58.1 Å². The minimum Gasteiger partial charge on any atom is -0.271 e. The highest BCUT2D eigenvalue weighted by molar-refractivity contribution is 8.02. The molecule has 26 heavy (non-hydrogen) atoms. The van der Waals surface area contributed by atoms with Crippen LogP contribution in [0.4, 0.5) is 0 Å². The van der Waals surface area contributed by atoms with E-state index in [0.717, 1.165) is 10.6 Å². The van der Waals surface area contributed by atoms with Crippen LogP contribution in [-0.4, -0.2) is 35.6 Å². The zero-order chi connectivity index (χ0) is 19.1. The molecule has 0 radical (unpaired) electrons. The van der Waals surface area contributed by atoms with Gasteiger partial charge in [0.15, 0.2) is 5.84 Å². The van der Waals surface area contributed by atoms with E-state index in [2.05, 4.69) is 22.1 Å². The number of amidine groups is 1. The number of imide groups is 1. The molecule has 8 heteroatoms. The van der Waals surface area contributed by atoms with Crippen LogP contribution in [-0.2, 0) is 16.1 Å². The van der Waals surface area contributed by atoms with Crippen LogP contribution in [0.25, 0.3) is 0 Å². The maximum atomic E-state index is 12.1. The Hall–Kier alpha value is -3.18. The van der Waals surface area contributed by atoms with Crippen molar-refractivity contribution in [3.63, 3.8) is 0 Å². The van der Waals surface area contributed by atoms with Crippen molar-refractivity contribution in [2.75, 3.05) is 6.26 Å². The van der Waals surface area contributed by atoms with Crippen molar-refractivity contribution in [2.24, 2.45) is 9.98 Å². The third kappa shape index (κ3) is 4.26. The van der Waals surface area contributed by atoms with E-state index in [1.807, 2.05) is 36.4 Å². The van der Waals surface area contributed by atoms with Gasteiger partial charge in [-0.1, -0.05) is 30.3 Å². The van der Waals surface area contributed by atoms with Gasteiger partial charge in [-0.25, -0.2) is 0 Å². The second-order valence-electron chi connectivity index (χ2n) is 5.22. The molecule has 0 fully saturated rings. The smallest absolute Gasteiger partial charge is 0.271 e. The van der Waals surface area contributed by atoms with E-state index in [-0.39, 0.29) is 18.0 Å². The Labute approximate surface area is 155 Å². The fourth-order valence-corrected chi connectivity index (χ4v) is 2.65. The summed E-state index contributed by atoms with van der Waals surface area (Å²) < 4.78 is 0. The molecule has 0 unspecified atom stereocenters. The Morgan fingerprint density at radius 1 is 1.35 bits per heavy atom. The third-order valence-corrected chi connectivity index (χ3v) is 4.20. The number of amides is 2. The largest absolute Gasteiger partial charge is 0.275 e. The first-order chi connectivity index (χ1) is 12.5. The van der Waals surface area contributed by atoms with E-state index in [9.17, 15) is 14.9 Å². The molecule has 2 amide bonds. The molecule has 0 bridgehead atoms.